The summed E-state index contributed by atoms with van der Waals surface area (Å²) < 4.78 is 1.51. The van der Waals surface area contributed by atoms with Gasteiger partial charge in [0, 0.05) is 0 Å². The standard InChI is InChI=1S/C13H9.C5H5.C3H6.ClH.Zr/c1-3-7-12-10(5-1)9-11-6-2-4-8-13(11)12;1-2-4-5-3-1;1-3-2;;/h1-9H;1-3H,4H2;1-2H3;1H;/q2*-1;;;/p-1. The van der Waals surface area contributed by atoms with Crippen molar-refractivity contribution in [1.29, 1.82) is 0 Å². The summed E-state index contributed by atoms with van der Waals surface area (Å²) >= 11 is 1.55. The van der Waals surface area contributed by atoms with Crippen molar-refractivity contribution in [2.24, 2.45) is 0 Å². The molecule has 0 aromatic heterocycles. The molecule has 3 aromatic carbocycles. The van der Waals surface area contributed by atoms with Gasteiger partial charge in [-0.15, -0.1) is 46.2 Å². The first-order valence-electron chi connectivity index (χ1n) is 7.45. The minimum Gasteiger partial charge on any atom is -1.00 e. The van der Waals surface area contributed by atoms with Crippen molar-refractivity contribution in [2.75, 3.05) is 0 Å². The van der Waals surface area contributed by atoms with E-state index >= 15 is 0 Å². The van der Waals surface area contributed by atoms with Crippen molar-refractivity contribution in [2.45, 2.75) is 20.3 Å². The Kier molecular flexibility index (Phi) is 9.14. The van der Waals surface area contributed by atoms with Crippen molar-refractivity contribution in [3.63, 3.8) is 0 Å². The smallest absolute Gasteiger partial charge is 0.0771 e. The molecular weight excluding hydrogens is 379 g/mol. The normalized spacial score (nSPS) is 11.2. The zero-order valence-electron chi connectivity index (χ0n) is 13.5. The van der Waals surface area contributed by atoms with Gasteiger partial charge in [0.05, 0.1) is 0 Å². The average Bonchev–Trinajstić information content (AvgIpc) is 3.18. The van der Waals surface area contributed by atoms with Crippen molar-refractivity contribution < 1.29 is 36.6 Å². The zero-order valence-corrected chi connectivity index (χ0v) is 16.7. The van der Waals surface area contributed by atoms with E-state index in [4.69, 9.17) is 0 Å². The van der Waals surface area contributed by atoms with Crippen LogP contribution in [0, 0.1) is 6.08 Å². The molecule has 0 spiro atoms. The second kappa shape index (κ2) is 10.6. The molecule has 0 amide bonds. The Labute approximate surface area is 160 Å². The molecule has 0 heterocycles. The number of benzene rings is 2. The minimum absolute atomic E-state index is 0. The minimum atomic E-state index is 0. The van der Waals surface area contributed by atoms with Gasteiger partial charge in [0.1, 0.15) is 0 Å². The van der Waals surface area contributed by atoms with Gasteiger partial charge in [0.25, 0.3) is 0 Å². The number of allylic oxidation sites excluding steroid dienone is 4. The molecule has 1 aliphatic rings. The van der Waals surface area contributed by atoms with Gasteiger partial charge in [0.15, 0.2) is 0 Å². The zero-order chi connectivity index (χ0) is 15.8. The summed E-state index contributed by atoms with van der Waals surface area (Å²) in [5, 5.41) is 5.39. The average molecular weight is 399 g/mol. The van der Waals surface area contributed by atoms with Crippen molar-refractivity contribution in [3.05, 3.63) is 78.9 Å². The fraction of sp³-hybridized carbons (Fsp3) is 0.143. The number of halogens is 1. The van der Waals surface area contributed by atoms with Crippen molar-refractivity contribution in [1.82, 2.24) is 0 Å². The Morgan fingerprint density at radius 1 is 0.957 bits per heavy atom. The van der Waals surface area contributed by atoms with Gasteiger partial charge < -0.3 is 12.4 Å². The number of hydrogen-bond acceptors (Lipinski definition) is 0. The molecule has 23 heavy (non-hydrogen) atoms. The summed E-state index contributed by atoms with van der Waals surface area (Å²) in [6.45, 7) is 4.25. The van der Waals surface area contributed by atoms with Crippen LogP contribution in [0.4, 0.5) is 0 Å². The Bertz CT molecular complexity index is 744. The van der Waals surface area contributed by atoms with E-state index in [1.165, 1.54) is 24.8 Å². The molecule has 0 atom stereocenters. The van der Waals surface area contributed by atoms with Gasteiger partial charge in [-0.05, 0) is 0 Å². The number of fused-ring (bicyclic) bond motifs is 3. The Balaban J connectivity index is 0.000000223. The summed E-state index contributed by atoms with van der Waals surface area (Å²) in [5.41, 5.74) is 0. The van der Waals surface area contributed by atoms with Crippen LogP contribution in [0.5, 0.6) is 0 Å². The van der Waals surface area contributed by atoms with Gasteiger partial charge in [-0.3, -0.25) is 6.08 Å². The maximum absolute atomic E-state index is 2.99. The summed E-state index contributed by atoms with van der Waals surface area (Å²) in [6.07, 6.45) is 10.0. The third-order valence-electron chi connectivity index (χ3n) is 3.11. The maximum atomic E-state index is 2.99. The van der Waals surface area contributed by atoms with Crippen molar-refractivity contribution >= 4 is 24.8 Å². The third-order valence-corrected chi connectivity index (χ3v) is 3.11. The monoisotopic (exact) mass is 397 g/mol. The van der Waals surface area contributed by atoms with Gasteiger partial charge in [-0.1, -0.05) is 36.4 Å². The van der Waals surface area contributed by atoms with Crippen LogP contribution in [0.15, 0.2) is 72.8 Å². The SMILES string of the molecule is C[C](C)=[Zr].[C-]1=CC=CC1.[Cl-].c1ccc2c(c1)[cH-]c1ccccc12. The van der Waals surface area contributed by atoms with Gasteiger partial charge in [-0.25, -0.2) is 12.2 Å². The predicted octanol–water partition coefficient (Wildman–Crippen LogP) is 2.77. The molecule has 0 bridgehead atoms. The molecule has 3 aromatic rings. The molecule has 0 N–H and O–H groups in total. The fourth-order valence-electron chi connectivity index (χ4n) is 2.24. The van der Waals surface area contributed by atoms with E-state index in [2.05, 4.69) is 80.6 Å². The summed E-state index contributed by atoms with van der Waals surface area (Å²) in [4.78, 5) is 0. The van der Waals surface area contributed by atoms with Crippen LogP contribution in [0.25, 0.3) is 21.5 Å². The second-order valence-corrected chi connectivity index (χ2v) is 7.78. The van der Waals surface area contributed by atoms with E-state index in [1.54, 1.807) is 24.2 Å². The molecular formula is C21H20ClZr-3. The first-order chi connectivity index (χ1) is 10.7. The van der Waals surface area contributed by atoms with Crippen LogP contribution in [0.2, 0.25) is 0 Å². The third kappa shape index (κ3) is 6.46. The van der Waals surface area contributed by atoms with Crippen LogP contribution in [0.3, 0.4) is 0 Å². The van der Waals surface area contributed by atoms with Crippen LogP contribution < -0.4 is 12.4 Å². The maximum Gasteiger partial charge on any atom is -0.0771 e. The molecule has 0 aliphatic heterocycles. The molecule has 0 saturated carbocycles. The van der Waals surface area contributed by atoms with Crippen LogP contribution >= 0.6 is 0 Å². The topological polar surface area (TPSA) is 0 Å². The van der Waals surface area contributed by atoms with Gasteiger partial charge in [0.2, 0.25) is 0 Å². The Morgan fingerprint density at radius 2 is 1.43 bits per heavy atom. The van der Waals surface area contributed by atoms with Gasteiger partial charge in [-0.2, -0.15) is 6.08 Å². The van der Waals surface area contributed by atoms with Gasteiger partial charge >= 0.3 is 41.3 Å². The quantitative estimate of drug-likeness (QED) is 0.511. The van der Waals surface area contributed by atoms with E-state index in [-0.39, 0.29) is 12.4 Å². The van der Waals surface area contributed by atoms with Crippen LogP contribution in [-0.4, -0.2) is 3.21 Å². The largest absolute Gasteiger partial charge is 1.00 e. The first kappa shape index (κ1) is 19.9. The number of rotatable bonds is 0. The van der Waals surface area contributed by atoms with E-state index in [9.17, 15) is 0 Å². The molecule has 0 saturated heterocycles. The Hall–Kier alpha value is -1.17. The van der Waals surface area contributed by atoms with Crippen molar-refractivity contribution in [3.8, 4) is 0 Å². The molecule has 4 rings (SSSR count). The molecule has 2 heteroatoms. The molecule has 1 aliphatic carbocycles. The van der Waals surface area contributed by atoms with Crippen LogP contribution in [-0.2, 0) is 24.2 Å². The molecule has 0 fully saturated rings. The van der Waals surface area contributed by atoms with Crippen LogP contribution in [0.1, 0.15) is 20.3 Å². The Morgan fingerprint density at radius 3 is 1.78 bits per heavy atom. The summed E-state index contributed by atoms with van der Waals surface area (Å²) in [6, 6.07) is 19.3. The first-order valence-corrected chi connectivity index (χ1v) is 8.68. The number of hydrogen-bond donors (Lipinski definition) is 0. The molecule has 0 radical (unpaired) electrons. The van der Waals surface area contributed by atoms with E-state index < -0.39 is 0 Å². The summed E-state index contributed by atoms with van der Waals surface area (Å²) in [7, 11) is 0. The predicted molar refractivity (Wildman–Crippen MR) is 95.0 cm³/mol. The molecule has 0 unspecified atom stereocenters. The van der Waals surface area contributed by atoms with E-state index in [0.29, 0.717) is 0 Å². The summed E-state index contributed by atoms with van der Waals surface area (Å²) in [5.74, 6) is 0. The van der Waals surface area contributed by atoms with E-state index in [1.807, 2.05) is 12.2 Å². The molecule has 0 nitrogen and oxygen atoms in total. The van der Waals surface area contributed by atoms with E-state index in [0.717, 1.165) is 6.42 Å². The second-order valence-electron chi connectivity index (χ2n) is 5.32. The fourth-order valence-corrected chi connectivity index (χ4v) is 2.24. The molecule has 118 valence electrons.